The van der Waals surface area contributed by atoms with Gasteiger partial charge in [-0.3, -0.25) is 9.59 Å². The van der Waals surface area contributed by atoms with Crippen molar-refractivity contribution in [1.82, 2.24) is 10.1 Å². The highest BCUT2D eigenvalue weighted by atomic mass is 35.5. The Kier molecular flexibility index (Phi) is 7.91. The standard InChI is InChI=1S/C28H30ClN3O4/c1-17(2)25(32(13-7-12-30)28(34)23-14-18(3)36-31-23)27-22(15-19-8-5-4-6-9-19)26(33)21-11-10-20(29)16-24(21)35-27/h4-6,8-11,14,16-17,25H,7,12-13,15,30H2,1-3H3. The van der Waals surface area contributed by atoms with E-state index < -0.39 is 6.04 Å². The van der Waals surface area contributed by atoms with Crippen molar-refractivity contribution in [2.24, 2.45) is 11.7 Å². The lowest BCUT2D eigenvalue weighted by Crippen LogP contribution is -2.40. The van der Waals surface area contributed by atoms with E-state index in [1.54, 1.807) is 36.1 Å². The van der Waals surface area contributed by atoms with Gasteiger partial charge in [-0.05, 0) is 43.5 Å². The number of carbonyl (C=O) groups excluding carboxylic acids is 1. The summed E-state index contributed by atoms with van der Waals surface area (Å²) in [7, 11) is 0. The summed E-state index contributed by atoms with van der Waals surface area (Å²) in [6.07, 6.45) is 0.936. The zero-order valence-electron chi connectivity index (χ0n) is 20.7. The Morgan fingerprint density at radius 1 is 1.14 bits per heavy atom. The van der Waals surface area contributed by atoms with Crippen molar-refractivity contribution in [3.8, 4) is 0 Å². The van der Waals surface area contributed by atoms with Crippen molar-refractivity contribution in [1.29, 1.82) is 0 Å². The summed E-state index contributed by atoms with van der Waals surface area (Å²) >= 11 is 6.24. The van der Waals surface area contributed by atoms with Gasteiger partial charge >= 0.3 is 0 Å². The number of rotatable bonds is 9. The van der Waals surface area contributed by atoms with Gasteiger partial charge in [-0.2, -0.15) is 0 Å². The van der Waals surface area contributed by atoms with Gasteiger partial charge in [-0.15, -0.1) is 0 Å². The lowest BCUT2D eigenvalue weighted by Gasteiger charge is -2.34. The maximum absolute atomic E-state index is 13.8. The molecule has 0 saturated heterocycles. The van der Waals surface area contributed by atoms with E-state index in [0.717, 1.165) is 5.56 Å². The summed E-state index contributed by atoms with van der Waals surface area (Å²) in [5, 5.41) is 4.85. The van der Waals surface area contributed by atoms with Crippen molar-refractivity contribution in [2.75, 3.05) is 13.1 Å². The minimum atomic E-state index is -0.546. The van der Waals surface area contributed by atoms with E-state index >= 15 is 0 Å². The Hall–Kier alpha value is -3.42. The summed E-state index contributed by atoms with van der Waals surface area (Å²) in [5.74, 6) is 0.585. The van der Waals surface area contributed by atoms with Gasteiger partial charge in [0.15, 0.2) is 11.1 Å². The zero-order chi connectivity index (χ0) is 25.8. The molecular weight excluding hydrogens is 478 g/mol. The molecule has 1 unspecified atom stereocenters. The average Bonchev–Trinajstić information content (AvgIpc) is 3.29. The second-order valence-electron chi connectivity index (χ2n) is 9.23. The fourth-order valence-corrected chi connectivity index (χ4v) is 4.64. The van der Waals surface area contributed by atoms with Crippen LogP contribution in [0, 0.1) is 12.8 Å². The molecule has 8 heteroatoms. The van der Waals surface area contributed by atoms with Crippen LogP contribution in [-0.2, 0) is 6.42 Å². The van der Waals surface area contributed by atoms with Gasteiger partial charge in [-0.25, -0.2) is 0 Å². The van der Waals surface area contributed by atoms with Crippen LogP contribution in [0.25, 0.3) is 11.0 Å². The third-order valence-electron chi connectivity index (χ3n) is 6.15. The monoisotopic (exact) mass is 507 g/mol. The van der Waals surface area contributed by atoms with Crippen LogP contribution in [-0.4, -0.2) is 29.1 Å². The number of aryl methyl sites for hydroxylation is 1. The Bertz CT molecular complexity index is 1410. The van der Waals surface area contributed by atoms with Crippen molar-refractivity contribution in [2.45, 2.75) is 39.7 Å². The molecule has 4 rings (SSSR count). The lowest BCUT2D eigenvalue weighted by atomic mass is 9.92. The summed E-state index contributed by atoms with van der Waals surface area (Å²) in [4.78, 5) is 29.2. The fourth-order valence-electron chi connectivity index (χ4n) is 4.48. The molecule has 0 spiro atoms. The molecule has 2 heterocycles. The van der Waals surface area contributed by atoms with Crippen LogP contribution in [0.3, 0.4) is 0 Å². The number of aromatic nitrogens is 1. The first-order valence-electron chi connectivity index (χ1n) is 12.0. The third kappa shape index (κ3) is 5.37. The van der Waals surface area contributed by atoms with E-state index in [1.807, 2.05) is 44.2 Å². The maximum Gasteiger partial charge on any atom is 0.276 e. The van der Waals surface area contributed by atoms with Gasteiger partial charge in [0.25, 0.3) is 5.91 Å². The maximum atomic E-state index is 13.8. The number of amides is 1. The molecule has 2 aromatic carbocycles. The number of nitrogens with two attached hydrogens (primary N) is 1. The molecule has 2 aromatic heterocycles. The number of hydrogen-bond donors (Lipinski definition) is 1. The summed E-state index contributed by atoms with van der Waals surface area (Å²) in [6.45, 7) is 6.50. The van der Waals surface area contributed by atoms with Crippen LogP contribution >= 0.6 is 11.6 Å². The first-order valence-corrected chi connectivity index (χ1v) is 12.4. The summed E-state index contributed by atoms with van der Waals surface area (Å²) < 4.78 is 11.6. The molecule has 0 fully saturated rings. The molecule has 0 bridgehead atoms. The van der Waals surface area contributed by atoms with E-state index in [9.17, 15) is 9.59 Å². The smallest absolute Gasteiger partial charge is 0.276 e. The predicted octanol–water partition coefficient (Wildman–Crippen LogP) is 5.52. The second kappa shape index (κ2) is 11.1. The Balaban J connectivity index is 1.93. The van der Waals surface area contributed by atoms with Gasteiger partial charge < -0.3 is 19.6 Å². The molecule has 1 atom stereocenters. The Morgan fingerprint density at radius 2 is 1.89 bits per heavy atom. The van der Waals surface area contributed by atoms with Crippen LogP contribution in [0.5, 0.6) is 0 Å². The van der Waals surface area contributed by atoms with Crippen LogP contribution in [0.15, 0.2) is 68.3 Å². The largest absolute Gasteiger partial charge is 0.458 e. The normalized spacial score (nSPS) is 12.3. The number of hydrogen-bond acceptors (Lipinski definition) is 6. The third-order valence-corrected chi connectivity index (χ3v) is 6.39. The van der Waals surface area contributed by atoms with Crippen molar-refractivity contribution in [3.05, 3.63) is 98.2 Å². The van der Waals surface area contributed by atoms with Crippen molar-refractivity contribution < 1.29 is 13.7 Å². The Labute approximate surface area is 214 Å². The number of benzene rings is 2. The number of halogens is 1. The highest BCUT2D eigenvalue weighted by molar-refractivity contribution is 6.31. The molecule has 0 aliphatic carbocycles. The first kappa shape index (κ1) is 25.7. The molecule has 4 aromatic rings. The minimum Gasteiger partial charge on any atom is -0.458 e. The van der Waals surface area contributed by atoms with E-state index in [4.69, 9.17) is 26.3 Å². The molecule has 188 valence electrons. The number of fused-ring (bicyclic) bond motifs is 1. The van der Waals surface area contributed by atoms with E-state index in [0.29, 0.717) is 59.0 Å². The lowest BCUT2D eigenvalue weighted by molar-refractivity contribution is 0.0577. The van der Waals surface area contributed by atoms with Crippen LogP contribution in [0.4, 0.5) is 0 Å². The van der Waals surface area contributed by atoms with Crippen LogP contribution < -0.4 is 11.2 Å². The molecule has 2 N–H and O–H groups in total. The van der Waals surface area contributed by atoms with Gasteiger partial charge in [0.2, 0.25) is 0 Å². The highest BCUT2D eigenvalue weighted by Gasteiger charge is 2.34. The number of nitrogens with zero attached hydrogens (tertiary/aromatic N) is 2. The average molecular weight is 508 g/mol. The molecule has 36 heavy (non-hydrogen) atoms. The number of carbonyl (C=O) groups is 1. The minimum absolute atomic E-state index is 0.0889. The summed E-state index contributed by atoms with van der Waals surface area (Å²) in [6, 6.07) is 15.8. The van der Waals surface area contributed by atoms with Crippen molar-refractivity contribution >= 4 is 28.5 Å². The van der Waals surface area contributed by atoms with Gasteiger partial charge in [-0.1, -0.05) is 60.9 Å². The van der Waals surface area contributed by atoms with E-state index in [2.05, 4.69) is 5.16 Å². The van der Waals surface area contributed by atoms with Gasteiger partial charge in [0.1, 0.15) is 17.1 Å². The van der Waals surface area contributed by atoms with Crippen LogP contribution in [0.1, 0.15) is 59.4 Å². The second-order valence-corrected chi connectivity index (χ2v) is 9.67. The fraction of sp³-hybridized carbons (Fsp3) is 0.321. The molecule has 0 aliphatic heterocycles. The van der Waals surface area contributed by atoms with Gasteiger partial charge in [0.05, 0.1) is 11.4 Å². The Morgan fingerprint density at radius 3 is 2.53 bits per heavy atom. The predicted molar refractivity (Wildman–Crippen MR) is 140 cm³/mol. The molecule has 1 amide bonds. The van der Waals surface area contributed by atoms with Crippen molar-refractivity contribution in [3.63, 3.8) is 0 Å². The van der Waals surface area contributed by atoms with E-state index in [1.165, 1.54) is 0 Å². The molecule has 0 saturated carbocycles. The molecule has 0 aliphatic rings. The van der Waals surface area contributed by atoms with Gasteiger partial charge in [0, 0.05) is 35.7 Å². The van der Waals surface area contributed by atoms with Crippen LogP contribution in [0.2, 0.25) is 5.02 Å². The first-order chi connectivity index (χ1) is 17.3. The highest BCUT2D eigenvalue weighted by Crippen LogP contribution is 2.34. The molecular formula is C28H30ClN3O4. The molecule has 0 radical (unpaired) electrons. The van der Waals surface area contributed by atoms with E-state index in [-0.39, 0.29) is 22.9 Å². The summed E-state index contributed by atoms with van der Waals surface area (Å²) in [5.41, 5.74) is 7.74. The quantitative estimate of drug-likeness (QED) is 0.320. The molecule has 7 nitrogen and oxygen atoms in total. The topological polar surface area (TPSA) is 103 Å². The SMILES string of the molecule is Cc1cc(C(=O)N(CCCN)C(c2oc3cc(Cl)ccc3c(=O)c2Cc2ccccc2)C(C)C)no1. The zero-order valence-corrected chi connectivity index (χ0v) is 21.4.